The smallest absolute Gasteiger partial charge is 0.416 e. The van der Waals surface area contributed by atoms with E-state index in [1.54, 1.807) is 0 Å². The third kappa shape index (κ3) is 2.60. The number of halogens is 4. The number of rotatable bonds is 2. The molecule has 0 amide bonds. The second-order valence-electron chi connectivity index (χ2n) is 3.74. The van der Waals surface area contributed by atoms with Gasteiger partial charge in [0.15, 0.2) is 0 Å². The second kappa shape index (κ2) is 4.65. The van der Waals surface area contributed by atoms with Gasteiger partial charge < -0.3 is 10.5 Å². The maximum absolute atomic E-state index is 12.8. The van der Waals surface area contributed by atoms with E-state index < -0.39 is 11.7 Å². The molecule has 1 aromatic heterocycles. The van der Waals surface area contributed by atoms with Crippen LogP contribution in [-0.4, -0.2) is 17.3 Å². The number of H-pyrrole nitrogens is 1. The summed E-state index contributed by atoms with van der Waals surface area (Å²) < 4.78 is 43.3. The second-order valence-corrected chi connectivity index (χ2v) is 4.15. The lowest BCUT2D eigenvalue weighted by atomic mass is 10.1. The number of anilines is 1. The zero-order valence-corrected chi connectivity index (χ0v) is 10.4. The normalized spacial score (nSPS) is 11.6. The van der Waals surface area contributed by atoms with Crippen LogP contribution in [0.2, 0.25) is 5.02 Å². The molecule has 0 saturated heterocycles. The van der Waals surface area contributed by atoms with Crippen molar-refractivity contribution in [3.05, 3.63) is 28.8 Å². The van der Waals surface area contributed by atoms with Crippen molar-refractivity contribution in [1.29, 1.82) is 0 Å². The summed E-state index contributed by atoms with van der Waals surface area (Å²) >= 11 is 5.81. The molecule has 3 N–H and O–H groups in total. The van der Waals surface area contributed by atoms with Gasteiger partial charge in [0.05, 0.1) is 23.4 Å². The van der Waals surface area contributed by atoms with Crippen molar-refractivity contribution >= 4 is 17.4 Å². The highest BCUT2D eigenvalue weighted by atomic mass is 35.5. The Morgan fingerprint density at radius 3 is 2.47 bits per heavy atom. The summed E-state index contributed by atoms with van der Waals surface area (Å²) in [5, 5.41) is 6.05. The molecule has 0 aliphatic heterocycles. The summed E-state index contributed by atoms with van der Waals surface area (Å²) in [5.41, 5.74) is 5.00. The molecule has 0 aliphatic carbocycles. The third-order valence-electron chi connectivity index (χ3n) is 2.46. The Kier molecular flexibility index (Phi) is 3.32. The number of hydrogen-bond acceptors (Lipinski definition) is 3. The first-order chi connectivity index (χ1) is 8.82. The third-order valence-corrected chi connectivity index (χ3v) is 2.74. The Bertz CT molecular complexity index is 610. The number of nitrogens with one attached hydrogen (secondary N) is 1. The number of aromatic nitrogens is 2. The number of nitrogens with zero attached hydrogens (tertiary/aromatic N) is 1. The van der Waals surface area contributed by atoms with E-state index in [0.29, 0.717) is 5.69 Å². The zero-order chi connectivity index (χ0) is 14.2. The van der Waals surface area contributed by atoms with Gasteiger partial charge in [0.1, 0.15) is 11.6 Å². The lowest BCUT2D eigenvalue weighted by molar-refractivity contribution is -0.137. The van der Waals surface area contributed by atoms with E-state index in [4.69, 9.17) is 22.1 Å². The molecule has 2 rings (SSSR count). The van der Waals surface area contributed by atoms with Crippen LogP contribution < -0.4 is 10.5 Å². The van der Waals surface area contributed by atoms with Crippen LogP contribution in [-0.2, 0) is 6.18 Å². The molecule has 0 radical (unpaired) electrons. The molecule has 1 heterocycles. The van der Waals surface area contributed by atoms with Gasteiger partial charge in [-0.3, -0.25) is 5.10 Å². The van der Waals surface area contributed by atoms with Gasteiger partial charge in [0.2, 0.25) is 0 Å². The fourth-order valence-electron chi connectivity index (χ4n) is 1.64. The van der Waals surface area contributed by atoms with Gasteiger partial charge in [0, 0.05) is 11.6 Å². The molecule has 0 fully saturated rings. The van der Waals surface area contributed by atoms with E-state index in [2.05, 4.69) is 10.2 Å². The highest BCUT2D eigenvalue weighted by Gasteiger charge is 2.32. The number of ether oxygens (including phenoxy) is 1. The minimum absolute atomic E-state index is 0.123. The van der Waals surface area contributed by atoms with E-state index in [-0.39, 0.29) is 22.2 Å². The minimum Gasteiger partial charge on any atom is -0.494 e. The van der Waals surface area contributed by atoms with Crippen LogP contribution in [0.3, 0.4) is 0 Å². The number of benzene rings is 1. The quantitative estimate of drug-likeness (QED) is 0.892. The van der Waals surface area contributed by atoms with Crippen molar-refractivity contribution in [3.8, 4) is 17.0 Å². The fourth-order valence-corrected chi connectivity index (χ4v) is 1.94. The molecular formula is C11H9ClF3N3O. The highest BCUT2D eigenvalue weighted by Crippen LogP contribution is 2.41. The van der Waals surface area contributed by atoms with Crippen molar-refractivity contribution in [3.63, 3.8) is 0 Å². The standard InChI is InChI=1S/C11H9ClF3N3O/c1-19-10-6(8-4-9(16)18-17-8)2-5(3-7(10)12)11(13,14)15/h2-4H,1H3,(H3,16,17,18). The van der Waals surface area contributed by atoms with Crippen molar-refractivity contribution in [2.45, 2.75) is 6.18 Å². The van der Waals surface area contributed by atoms with Crippen molar-refractivity contribution < 1.29 is 17.9 Å². The number of methoxy groups -OCH3 is 1. The topological polar surface area (TPSA) is 63.9 Å². The maximum Gasteiger partial charge on any atom is 0.416 e. The number of alkyl halides is 3. The van der Waals surface area contributed by atoms with Crippen LogP contribution in [0.5, 0.6) is 5.75 Å². The summed E-state index contributed by atoms with van der Waals surface area (Å²) in [7, 11) is 1.32. The summed E-state index contributed by atoms with van der Waals surface area (Å²) in [4.78, 5) is 0. The van der Waals surface area contributed by atoms with Crippen LogP contribution >= 0.6 is 11.6 Å². The summed E-state index contributed by atoms with van der Waals surface area (Å²) in [5.74, 6) is 0.281. The molecule has 4 nitrogen and oxygen atoms in total. The Labute approximate surface area is 111 Å². The van der Waals surface area contributed by atoms with Crippen molar-refractivity contribution in [2.24, 2.45) is 0 Å². The molecule has 2 aromatic rings. The summed E-state index contributed by atoms with van der Waals surface area (Å²) in [6.07, 6.45) is -4.50. The maximum atomic E-state index is 12.8. The van der Waals surface area contributed by atoms with Gasteiger partial charge >= 0.3 is 6.18 Å². The van der Waals surface area contributed by atoms with E-state index in [0.717, 1.165) is 12.1 Å². The van der Waals surface area contributed by atoms with Crippen LogP contribution in [0.1, 0.15) is 5.56 Å². The predicted molar refractivity (Wildman–Crippen MR) is 65.0 cm³/mol. The monoisotopic (exact) mass is 291 g/mol. The molecule has 0 saturated carbocycles. The first-order valence-corrected chi connectivity index (χ1v) is 5.46. The molecule has 102 valence electrons. The van der Waals surface area contributed by atoms with Crippen molar-refractivity contribution in [2.75, 3.05) is 12.8 Å². The molecule has 8 heteroatoms. The Balaban J connectivity index is 2.66. The number of aromatic amines is 1. The van der Waals surface area contributed by atoms with Crippen LogP contribution in [0, 0.1) is 0 Å². The first-order valence-electron chi connectivity index (χ1n) is 5.09. The summed E-state index contributed by atoms with van der Waals surface area (Å²) in [6, 6.07) is 3.13. The Morgan fingerprint density at radius 1 is 1.32 bits per heavy atom. The van der Waals surface area contributed by atoms with Crippen molar-refractivity contribution in [1.82, 2.24) is 10.2 Å². The molecule has 19 heavy (non-hydrogen) atoms. The lowest BCUT2D eigenvalue weighted by Gasteiger charge is -2.13. The predicted octanol–water partition coefficient (Wildman–Crippen LogP) is 3.34. The molecule has 0 bridgehead atoms. The van der Waals surface area contributed by atoms with E-state index in [1.807, 2.05) is 0 Å². The first kappa shape index (κ1) is 13.5. The molecule has 0 aliphatic rings. The SMILES string of the molecule is COc1c(Cl)cc(C(F)(F)F)cc1-c1cc(N)n[nH]1. The van der Waals surface area contributed by atoms with Gasteiger partial charge in [-0.05, 0) is 12.1 Å². The van der Waals surface area contributed by atoms with Crippen LogP contribution in [0.25, 0.3) is 11.3 Å². The number of hydrogen-bond donors (Lipinski definition) is 2. The average molecular weight is 292 g/mol. The number of nitrogens with two attached hydrogens (primary N) is 1. The molecular weight excluding hydrogens is 283 g/mol. The van der Waals surface area contributed by atoms with Gasteiger partial charge in [0.25, 0.3) is 0 Å². The van der Waals surface area contributed by atoms with Gasteiger partial charge in [-0.1, -0.05) is 11.6 Å². The molecule has 0 spiro atoms. The molecule has 0 unspecified atom stereocenters. The van der Waals surface area contributed by atoms with E-state index in [1.165, 1.54) is 13.2 Å². The summed E-state index contributed by atoms with van der Waals surface area (Å²) in [6.45, 7) is 0. The average Bonchev–Trinajstić information content (AvgIpc) is 2.73. The highest BCUT2D eigenvalue weighted by molar-refractivity contribution is 6.32. The fraction of sp³-hybridized carbons (Fsp3) is 0.182. The Morgan fingerprint density at radius 2 is 2.00 bits per heavy atom. The van der Waals surface area contributed by atoms with Crippen LogP contribution in [0.4, 0.5) is 19.0 Å². The largest absolute Gasteiger partial charge is 0.494 e. The van der Waals surface area contributed by atoms with Gasteiger partial charge in [-0.15, -0.1) is 0 Å². The Hall–Kier alpha value is -1.89. The number of nitrogen functional groups attached to an aromatic ring is 1. The zero-order valence-electron chi connectivity index (χ0n) is 9.68. The van der Waals surface area contributed by atoms with Gasteiger partial charge in [-0.2, -0.15) is 18.3 Å². The van der Waals surface area contributed by atoms with E-state index in [9.17, 15) is 13.2 Å². The molecule has 0 atom stereocenters. The lowest BCUT2D eigenvalue weighted by Crippen LogP contribution is -2.06. The minimum atomic E-state index is -4.50. The van der Waals surface area contributed by atoms with Gasteiger partial charge in [-0.25, -0.2) is 0 Å². The van der Waals surface area contributed by atoms with Crippen LogP contribution in [0.15, 0.2) is 18.2 Å². The van der Waals surface area contributed by atoms with E-state index >= 15 is 0 Å². The molecule has 1 aromatic carbocycles.